The van der Waals surface area contributed by atoms with E-state index >= 15 is 0 Å². The van der Waals surface area contributed by atoms with Gasteiger partial charge in [-0.15, -0.1) is 0 Å². The number of carboxylic acids is 1. The van der Waals surface area contributed by atoms with E-state index in [2.05, 4.69) is 6.07 Å². The van der Waals surface area contributed by atoms with Crippen molar-refractivity contribution < 1.29 is 15.0 Å². The molecule has 2 aliphatic rings. The summed E-state index contributed by atoms with van der Waals surface area (Å²) in [4.78, 5) is 11.2. The van der Waals surface area contributed by atoms with Crippen LogP contribution in [0, 0.1) is 5.92 Å². The van der Waals surface area contributed by atoms with Gasteiger partial charge in [-0.25, -0.2) is 0 Å². The number of carbonyl (C=O) groups is 1. The molecule has 1 saturated carbocycles. The first-order valence-electron chi connectivity index (χ1n) is 7.66. The smallest absolute Gasteiger partial charge is 0.303 e. The maximum atomic E-state index is 11.2. The van der Waals surface area contributed by atoms with Crippen molar-refractivity contribution in [1.29, 1.82) is 0 Å². The van der Waals surface area contributed by atoms with Gasteiger partial charge in [0.15, 0.2) is 0 Å². The van der Waals surface area contributed by atoms with Gasteiger partial charge in [-0.05, 0) is 54.2 Å². The fraction of sp³-hybridized carbons (Fsp3) is 0.588. The minimum Gasteiger partial charge on any atom is -0.508 e. The Kier molecular flexibility index (Phi) is 3.45. The number of phenols is 1. The van der Waals surface area contributed by atoms with Gasteiger partial charge in [0.25, 0.3) is 0 Å². The molecule has 2 aliphatic carbocycles. The second kappa shape index (κ2) is 5.12. The fourth-order valence-corrected chi connectivity index (χ4v) is 4.49. The van der Waals surface area contributed by atoms with Crippen molar-refractivity contribution in [2.75, 3.05) is 0 Å². The summed E-state index contributed by atoms with van der Waals surface area (Å²) in [5, 5.41) is 19.4. The lowest BCUT2D eigenvalue weighted by molar-refractivity contribution is -0.139. The summed E-state index contributed by atoms with van der Waals surface area (Å²) in [7, 11) is 0. The highest BCUT2D eigenvalue weighted by Gasteiger charge is 2.45. The lowest BCUT2D eigenvalue weighted by Crippen LogP contribution is -2.42. The molecule has 1 atom stereocenters. The molecule has 3 heteroatoms. The average Bonchev–Trinajstić information content (AvgIpc) is 2.44. The van der Waals surface area contributed by atoms with E-state index in [9.17, 15) is 15.0 Å². The second-order valence-electron chi connectivity index (χ2n) is 6.35. The van der Waals surface area contributed by atoms with E-state index in [1.807, 2.05) is 6.07 Å². The van der Waals surface area contributed by atoms with Gasteiger partial charge in [0.2, 0.25) is 0 Å². The number of hydrogen-bond acceptors (Lipinski definition) is 2. The van der Waals surface area contributed by atoms with Crippen molar-refractivity contribution in [2.45, 2.75) is 56.8 Å². The summed E-state index contributed by atoms with van der Waals surface area (Å²) in [5.74, 6) is -0.0839. The molecule has 0 aromatic heterocycles. The summed E-state index contributed by atoms with van der Waals surface area (Å²) in [6.45, 7) is 0. The molecule has 1 fully saturated rings. The summed E-state index contributed by atoms with van der Waals surface area (Å²) in [6, 6.07) is 5.79. The molecule has 1 aromatic carbocycles. The SMILES string of the molecule is O=C(O)CC1CCc2c(O)cccc2C12CCCCC2. The minimum absolute atomic E-state index is 0.0109. The molecule has 3 nitrogen and oxygen atoms in total. The van der Waals surface area contributed by atoms with E-state index in [-0.39, 0.29) is 17.8 Å². The van der Waals surface area contributed by atoms with Crippen molar-refractivity contribution in [3.05, 3.63) is 29.3 Å². The Balaban J connectivity index is 2.07. The first kappa shape index (κ1) is 13.5. The van der Waals surface area contributed by atoms with Gasteiger partial charge in [0.1, 0.15) is 5.75 Å². The number of carboxylic acid groups (broad SMARTS) is 1. The molecule has 0 aliphatic heterocycles. The highest BCUT2D eigenvalue weighted by atomic mass is 16.4. The van der Waals surface area contributed by atoms with Gasteiger partial charge in [-0.2, -0.15) is 0 Å². The predicted molar refractivity (Wildman–Crippen MR) is 76.9 cm³/mol. The lowest BCUT2D eigenvalue weighted by atomic mass is 9.56. The Hall–Kier alpha value is -1.51. The van der Waals surface area contributed by atoms with E-state index in [0.717, 1.165) is 31.2 Å². The van der Waals surface area contributed by atoms with Crippen LogP contribution in [0.5, 0.6) is 5.75 Å². The maximum Gasteiger partial charge on any atom is 0.303 e. The van der Waals surface area contributed by atoms with Gasteiger partial charge in [-0.1, -0.05) is 31.4 Å². The van der Waals surface area contributed by atoms with Gasteiger partial charge in [0, 0.05) is 6.42 Å². The Morgan fingerprint density at radius 3 is 2.70 bits per heavy atom. The van der Waals surface area contributed by atoms with E-state index in [1.165, 1.54) is 24.8 Å². The van der Waals surface area contributed by atoms with E-state index < -0.39 is 5.97 Å². The van der Waals surface area contributed by atoms with Gasteiger partial charge < -0.3 is 10.2 Å². The minimum atomic E-state index is -0.691. The van der Waals surface area contributed by atoms with Crippen LogP contribution in [0.25, 0.3) is 0 Å². The molecule has 0 saturated heterocycles. The van der Waals surface area contributed by atoms with Crippen molar-refractivity contribution in [1.82, 2.24) is 0 Å². The van der Waals surface area contributed by atoms with Crippen LogP contribution in [0.4, 0.5) is 0 Å². The number of aliphatic carboxylic acids is 1. The van der Waals surface area contributed by atoms with Crippen LogP contribution >= 0.6 is 0 Å². The third-order valence-electron chi connectivity index (χ3n) is 5.38. The van der Waals surface area contributed by atoms with E-state index in [1.54, 1.807) is 6.07 Å². The molecule has 1 unspecified atom stereocenters. The number of fused-ring (bicyclic) bond motifs is 2. The molecule has 1 aromatic rings. The molecule has 2 N–H and O–H groups in total. The highest BCUT2D eigenvalue weighted by molar-refractivity contribution is 5.67. The van der Waals surface area contributed by atoms with Gasteiger partial charge in [-0.3, -0.25) is 4.79 Å². The Morgan fingerprint density at radius 2 is 2.00 bits per heavy atom. The van der Waals surface area contributed by atoms with Gasteiger partial charge >= 0.3 is 5.97 Å². The molecular weight excluding hydrogens is 252 g/mol. The topological polar surface area (TPSA) is 57.5 Å². The fourth-order valence-electron chi connectivity index (χ4n) is 4.49. The van der Waals surface area contributed by atoms with Crippen LogP contribution in [0.1, 0.15) is 56.1 Å². The Labute approximate surface area is 119 Å². The van der Waals surface area contributed by atoms with Crippen LogP contribution in [0.2, 0.25) is 0 Å². The molecule has 1 spiro atoms. The summed E-state index contributed by atoms with van der Waals surface area (Å²) < 4.78 is 0. The zero-order valence-corrected chi connectivity index (χ0v) is 11.8. The predicted octanol–water partition coefficient (Wildman–Crippen LogP) is 3.63. The number of phenolic OH excluding ortho intramolecular Hbond substituents is 1. The number of benzene rings is 1. The summed E-state index contributed by atoms with van der Waals surface area (Å²) in [6.07, 6.45) is 7.68. The molecule has 108 valence electrons. The van der Waals surface area contributed by atoms with Crippen LogP contribution in [0.3, 0.4) is 0 Å². The monoisotopic (exact) mass is 274 g/mol. The summed E-state index contributed by atoms with van der Waals surface area (Å²) >= 11 is 0. The molecule has 0 radical (unpaired) electrons. The van der Waals surface area contributed by atoms with Crippen molar-refractivity contribution in [3.8, 4) is 5.75 Å². The molecule has 0 heterocycles. The van der Waals surface area contributed by atoms with Crippen LogP contribution in [0.15, 0.2) is 18.2 Å². The van der Waals surface area contributed by atoms with E-state index in [4.69, 9.17) is 0 Å². The zero-order valence-electron chi connectivity index (χ0n) is 11.8. The lowest BCUT2D eigenvalue weighted by Gasteiger charge is -2.48. The van der Waals surface area contributed by atoms with Crippen LogP contribution in [-0.4, -0.2) is 16.2 Å². The molecule has 0 amide bonds. The van der Waals surface area contributed by atoms with Crippen LogP contribution < -0.4 is 0 Å². The van der Waals surface area contributed by atoms with Crippen LogP contribution in [-0.2, 0) is 16.6 Å². The zero-order chi connectivity index (χ0) is 14.2. The van der Waals surface area contributed by atoms with Crippen molar-refractivity contribution >= 4 is 5.97 Å². The molecule has 0 bridgehead atoms. The molecule has 3 rings (SSSR count). The molecular formula is C17H22O3. The summed E-state index contributed by atoms with van der Waals surface area (Å²) in [5.41, 5.74) is 2.29. The van der Waals surface area contributed by atoms with Crippen molar-refractivity contribution in [2.24, 2.45) is 5.92 Å². The van der Waals surface area contributed by atoms with E-state index in [0.29, 0.717) is 5.75 Å². The standard InChI is InChI=1S/C17H22O3/c18-15-6-4-5-14-13(15)8-7-12(11-16(19)20)17(14)9-2-1-3-10-17/h4-6,12,18H,1-3,7-11H2,(H,19,20). The van der Waals surface area contributed by atoms with Gasteiger partial charge in [0.05, 0.1) is 0 Å². The first-order chi connectivity index (χ1) is 9.63. The third-order valence-corrected chi connectivity index (χ3v) is 5.38. The third kappa shape index (κ3) is 2.09. The number of rotatable bonds is 2. The second-order valence-corrected chi connectivity index (χ2v) is 6.35. The normalized spacial score (nSPS) is 24.3. The number of aromatic hydroxyl groups is 1. The highest BCUT2D eigenvalue weighted by Crippen LogP contribution is 2.53. The first-order valence-corrected chi connectivity index (χ1v) is 7.66. The molecule has 20 heavy (non-hydrogen) atoms. The largest absolute Gasteiger partial charge is 0.508 e. The Morgan fingerprint density at radius 1 is 1.25 bits per heavy atom. The Bertz CT molecular complexity index is 515. The van der Waals surface area contributed by atoms with Crippen molar-refractivity contribution in [3.63, 3.8) is 0 Å². The quantitative estimate of drug-likeness (QED) is 0.865. The average molecular weight is 274 g/mol. The number of hydrogen-bond donors (Lipinski definition) is 2. The maximum absolute atomic E-state index is 11.2.